The Morgan fingerprint density at radius 1 is 1.30 bits per heavy atom. The summed E-state index contributed by atoms with van der Waals surface area (Å²) in [7, 11) is 0. The molecule has 0 aliphatic carbocycles. The third kappa shape index (κ3) is 1.29. The lowest BCUT2D eigenvalue weighted by Crippen LogP contribution is -2.39. The summed E-state index contributed by atoms with van der Waals surface area (Å²) in [6.07, 6.45) is 0. The topological polar surface area (TPSA) is 70.8 Å². The van der Waals surface area contributed by atoms with Crippen LogP contribution in [-0.4, -0.2) is 4.92 Å². The first kappa shape index (κ1) is 6.70. The molecule has 0 unspecified atom stereocenters. The summed E-state index contributed by atoms with van der Waals surface area (Å²) in [4.78, 5) is 9.67. The second-order valence-electron chi connectivity index (χ2n) is 1.92. The Bertz CT molecular complexity index is 242. The highest BCUT2D eigenvalue weighted by Crippen LogP contribution is 2.11. The molecule has 0 saturated heterocycles. The Hall–Kier alpha value is -1.42. The molecule has 0 aliphatic rings. The van der Waals surface area contributed by atoms with Crippen LogP contribution in [0, 0.1) is 10.1 Å². The summed E-state index contributed by atoms with van der Waals surface area (Å²) >= 11 is 0. The van der Waals surface area contributed by atoms with Crippen molar-refractivity contribution in [2.24, 2.45) is 0 Å². The van der Waals surface area contributed by atoms with Gasteiger partial charge in [-0.05, 0) is 0 Å². The minimum absolute atomic E-state index is 0.104. The highest BCUT2D eigenvalue weighted by Gasteiger charge is 2.02. The van der Waals surface area contributed by atoms with E-state index < -0.39 is 4.92 Å². The average molecular weight is 139 g/mol. The minimum Gasteiger partial charge on any atom is -0.325 e. The molecule has 1 aromatic rings. The molecule has 0 fully saturated rings. The van der Waals surface area contributed by atoms with Gasteiger partial charge in [0.15, 0.2) is 0 Å². The Balaban J connectivity index is 3.00. The third-order valence-corrected chi connectivity index (χ3v) is 1.15. The molecule has 0 bridgehead atoms. The normalized spacial score (nSPS) is 9.30. The van der Waals surface area contributed by atoms with Crippen LogP contribution in [0.15, 0.2) is 24.3 Å². The molecule has 0 saturated carbocycles. The van der Waals surface area contributed by atoms with Crippen LogP contribution in [0.4, 0.5) is 11.4 Å². The number of nitrogens with zero attached hydrogens (tertiary/aromatic N) is 1. The molecule has 0 spiro atoms. The van der Waals surface area contributed by atoms with E-state index in [1.165, 1.54) is 12.1 Å². The first-order chi connectivity index (χ1) is 4.70. The van der Waals surface area contributed by atoms with Crippen molar-refractivity contribution in [1.29, 1.82) is 0 Å². The van der Waals surface area contributed by atoms with E-state index in [1.807, 2.05) is 0 Å². The van der Waals surface area contributed by atoms with Crippen molar-refractivity contribution in [3.63, 3.8) is 0 Å². The van der Waals surface area contributed by atoms with Crippen LogP contribution in [0.5, 0.6) is 0 Å². The molecule has 0 aliphatic heterocycles. The number of quaternary nitrogens is 1. The lowest BCUT2D eigenvalue weighted by molar-refractivity contribution is -0.385. The second-order valence-corrected chi connectivity index (χ2v) is 1.92. The molecular formula is C6H7N2O2+. The zero-order valence-electron chi connectivity index (χ0n) is 5.28. The number of non-ortho nitro benzene ring substituents is 1. The predicted octanol–water partition coefficient (Wildman–Crippen LogP) is 0.468. The molecule has 0 radical (unpaired) electrons. The van der Waals surface area contributed by atoms with Gasteiger partial charge < -0.3 is 5.73 Å². The van der Waals surface area contributed by atoms with Gasteiger partial charge in [-0.1, -0.05) is 0 Å². The first-order valence-electron chi connectivity index (χ1n) is 2.76. The second kappa shape index (κ2) is 2.45. The van der Waals surface area contributed by atoms with Gasteiger partial charge in [0.25, 0.3) is 5.69 Å². The maximum atomic E-state index is 10.1. The number of hydrogen-bond donors (Lipinski definition) is 1. The van der Waals surface area contributed by atoms with Crippen molar-refractivity contribution in [3.8, 4) is 0 Å². The Morgan fingerprint density at radius 3 is 2.20 bits per heavy atom. The van der Waals surface area contributed by atoms with Crippen molar-refractivity contribution < 1.29 is 10.7 Å². The number of rotatable bonds is 1. The summed E-state index contributed by atoms with van der Waals surface area (Å²) in [5.41, 5.74) is 4.49. The van der Waals surface area contributed by atoms with Gasteiger partial charge in [0, 0.05) is 24.3 Å². The Labute approximate surface area is 57.4 Å². The maximum absolute atomic E-state index is 10.1. The van der Waals surface area contributed by atoms with Crippen LogP contribution < -0.4 is 5.73 Å². The highest BCUT2D eigenvalue weighted by molar-refractivity contribution is 5.38. The van der Waals surface area contributed by atoms with E-state index in [0.29, 0.717) is 0 Å². The van der Waals surface area contributed by atoms with Gasteiger partial charge >= 0.3 is 0 Å². The summed E-state index contributed by atoms with van der Waals surface area (Å²) in [5, 5.41) is 10.1. The van der Waals surface area contributed by atoms with Crippen LogP contribution in [0.1, 0.15) is 0 Å². The van der Waals surface area contributed by atoms with Crippen LogP contribution in [0.2, 0.25) is 0 Å². The van der Waals surface area contributed by atoms with E-state index in [0.717, 1.165) is 5.69 Å². The predicted molar refractivity (Wildman–Crippen MR) is 35.6 cm³/mol. The zero-order valence-corrected chi connectivity index (χ0v) is 5.28. The molecule has 4 nitrogen and oxygen atoms in total. The van der Waals surface area contributed by atoms with Gasteiger partial charge in [0.2, 0.25) is 0 Å². The molecule has 4 heteroatoms. The summed E-state index contributed by atoms with van der Waals surface area (Å²) in [5.74, 6) is 0. The molecule has 0 atom stereocenters. The van der Waals surface area contributed by atoms with Crippen molar-refractivity contribution in [1.82, 2.24) is 0 Å². The standard InChI is InChI=1S/C6H6N2O2/c7-5-1-3-6(4-2-5)8(9)10/h1-4H,7H2/p+1. The summed E-state index contributed by atoms with van der Waals surface area (Å²) < 4.78 is 0. The Kier molecular flexibility index (Phi) is 1.64. The maximum Gasteiger partial charge on any atom is 0.269 e. The summed E-state index contributed by atoms with van der Waals surface area (Å²) in [6, 6.07) is 6.08. The van der Waals surface area contributed by atoms with E-state index in [1.54, 1.807) is 12.1 Å². The van der Waals surface area contributed by atoms with Crippen LogP contribution >= 0.6 is 0 Å². The smallest absolute Gasteiger partial charge is 0.269 e. The fourth-order valence-corrected chi connectivity index (χ4v) is 0.618. The van der Waals surface area contributed by atoms with Crippen LogP contribution in [-0.2, 0) is 0 Å². The van der Waals surface area contributed by atoms with Gasteiger partial charge in [-0.3, -0.25) is 10.1 Å². The van der Waals surface area contributed by atoms with Gasteiger partial charge in [-0.15, -0.1) is 0 Å². The van der Waals surface area contributed by atoms with E-state index in [9.17, 15) is 10.1 Å². The molecular weight excluding hydrogens is 132 g/mol. The molecule has 0 aromatic heterocycles. The van der Waals surface area contributed by atoms with Gasteiger partial charge in [0.05, 0.1) is 4.92 Å². The molecule has 10 heavy (non-hydrogen) atoms. The average Bonchev–Trinajstić information content (AvgIpc) is 1.88. The molecule has 3 N–H and O–H groups in total. The Morgan fingerprint density at radius 2 is 1.80 bits per heavy atom. The van der Waals surface area contributed by atoms with E-state index in [4.69, 9.17) is 0 Å². The van der Waals surface area contributed by atoms with Gasteiger partial charge in [-0.25, -0.2) is 0 Å². The highest BCUT2D eigenvalue weighted by atomic mass is 16.6. The van der Waals surface area contributed by atoms with E-state index in [-0.39, 0.29) is 5.69 Å². The number of hydrogen-bond acceptors (Lipinski definition) is 2. The van der Waals surface area contributed by atoms with E-state index >= 15 is 0 Å². The zero-order chi connectivity index (χ0) is 7.56. The molecule has 1 aromatic carbocycles. The quantitative estimate of drug-likeness (QED) is 0.453. The number of benzene rings is 1. The fourth-order valence-electron chi connectivity index (χ4n) is 0.618. The first-order valence-corrected chi connectivity index (χ1v) is 2.76. The molecule has 0 heterocycles. The molecule has 0 amide bonds. The number of nitro groups is 1. The molecule has 52 valence electrons. The SMILES string of the molecule is [NH3+]c1ccc([N+](=O)[O-])cc1. The van der Waals surface area contributed by atoms with Crippen LogP contribution in [0.3, 0.4) is 0 Å². The van der Waals surface area contributed by atoms with Crippen molar-refractivity contribution >= 4 is 11.4 Å². The van der Waals surface area contributed by atoms with Crippen molar-refractivity contribution in [2.45, 2.75) is 0 Å². The van der Waals surface area contributed by atoms with Crippen LogP contribution in [0.25, 0.3) is 0 Å². The lowest BCUT2D eigenvalue weighted by atomic mass is 10.3. The van der Waals surface area contributed by atoms with Gasteiger partial charge in [-0.2, -0.15) is 0 Å². The monoisotopic (exact) mass is 139 g/mol. The lowest BCUT2D eigenvalue weighted by Gasteiger charge is -1.87. The van der Waals surface area contributed by atoms with Gasteiger partial charge in [0.1, 0.15) is 5.69 Å². The fraction of sp³-hybridized carbons (Fsp3) is 0. The third-order valence-electron chi connectivity index (χ3n) is 1.15. The molecule has 1 rings (SSSR count). The van der Waals surface area contributed by atoms with Crippen molar-refractivity contribution in [3.05, 3.63) is 34.4 Å². The minimum atomic E-state index is -0.431. The largest absolute Gasteiger partial charge is 0.325 e. The number of nitro benzene ring substituents is 1. The summed E-state index contributed by atoms with van der Waals surface area (Å²) in [6.45, 7) is 0. The van der Waals surface area contributed by atoms with Crippen molar-refractivity contribution in [2.75, 3.05) is 0 Å². The van der Waals surface area contributed by atoms with E-state index in [2.05, 4.69) is 5.73 Å².